The van der Waals surface area contributed by atoms with Crippen molar-refractivity contribution in [2.75, 3.05) is 19.6 Å². The van der Waals surface area contributed by atoms with Crippen LogP contribution >= 0.6 is 0 Å². The lowest BCUT2D eigenvalue weighted by molar-refractivity contribution is 0.583. The Kier molecular flexibility index (Phi) is 24.1. The van der Waals surface area contributed by atoms with Crippen LogP contribution in [0.5, 0.6) is 0 Å². The van der Waals surface area contributed by atoms with E-state index in [0.29, 0.717) is 156 Å². The van der Waals surface area contributed by atoms with Gasteiger partial charge in [0.25, 0.3) is 0 Å². The Morgan fingerprint density at radius 3 is 0.466 bits per heavy atom. The van der Waals surface area contributed by atoms with Crippen molar-refractivity contribution >= 4 is 133 Å². The van der Waals surface area contributed by atoms with E-state index in [2.05, 4.69) is 0 Å². The maximum absolute atomic E-state index is 16.6. The number of nitrogens with zero attached hydrogens (tertiary/aromatic N) is 4. The lowest BCUT2D eigenvalue weighted by Crippen LogP contribution is -2.14. The van der Waals surface area contributed by atoms with Crippen LogP contribution in [-0.2, 0) is 0 Å². The second-order valence-electron chi connectivity index (χ2n) is 36.1. The highest BCUT2D eigenvalue weighted by atomic mass is 19.2. The van der Waals surface area contributed by atoms with Crippen LogP contribution < -0.4 is 19.6 Å². The zero-order chi connectivity index (χ0) is 102. The molecule has 148 heavy (non-hydrogen) atoms. The van der Waals surface area contributed by atoms with E-state index in [0.717, 1.165) is 67.4 Å². The summed E-state index contributed by atoms with van der Waals surface area (Å²) in [4.78, 5) is 6.89. The fourth-order valence-electron chi connectivity index (χ4n) is 20.1. The lowest BCUT2D eigenvalue weighted by Gasteiger charge is -2.30. The molecule has 24 aromatic carbocycles. The van der Waals surface area contributed by atoms with Crippen LogP contribution in [0.2, 0.25) is 0 Å². The van der Waals surface area contributed by atoms with Gasteiger partial charge in [0.1, 0.15) is 93.1 Å². The quantitative estimate of drug-likeness (QED) is 0.0557. The number of rotatable bonds is 20. The van der Waals surface area contributed by atoms with Crippen LogP contribution in [0.1, 0.15) is 0 Å². The molecule has 0 aliphatic carbocycles. The summed E-state index contributed by atoms with van der Waals surface area (Å²) < 4.78 is 239. The van der Waals surface area contributed by atoms with Crippen molar-refractivity contribution < 1.29 is 70.2 Å². The standard InChI is InChI=1S/2C64H36F8N2/c65-47-13-1-37(2-14-47)43-29-44(38-3-15-48(66)16-4-38)32-53(31-43)73(61-27-21-51(69)35-57(61)71)59-25-11-41-10-24-56-60(26-12-42-9-23-55(59)63(41)64(42)56)74(62-28-22-52(70)36-58(62)72)54-33-45(39-5-17-49(67)18-6-39)30-46(34-54)40-7-19-50(68)20-8-40;65-47-13-1-37(2-14-47)43-25-44(38-3-15-48(66)16-4-38)28-55(27-43)73(57-33-51(69)31-52(70)34-57)61-23-11-41-10-22-60-62(24-12-42-9-21-59(61)63(41)64(42)60)74(58-35-53(71)32-54(72)36-58)56-29-45(39-5-17-49(67)18-6-39)26-46(30-56)40-7-19-50(68)20-8-40/h2*1-36H. The fourth-order valence-corrected chi connectivity index (χ4v) is 20.1. The molecule has 0 aromatic heterocycles. The van der Waals surface area contributed by atoms with Gasteiger partial charge in [-0.2, -0.15) is 0 Å². The van der Waals surface area contributed by atoms with Crippen LogP contribution in [0.15, 0.2) is 437 Å². The summed E-state index contributed by atoms with van der Waals surface area (Å²) in [6.07, 6.45) is 0. The van der Waals surface area contributed by atoms with E-state index in [1.807, 2.05) is 170 Å². The van der Waals surface area contributed by atoms with Gasteiger partial charge >= 0.3 is 0 Å². The first kappa shape index (κ1) is 93.1. The topological polar surface area (TPSA) is 13.0 Å². The van der Waals surface area contributed by atoms with Gasteiger partial charge in [-0.1, -0.05) is 170 Å². The van der Waals surface area contributed by atoms with Crippen molar-refractivity contribution in [3.63, 3.8) is 0 Å². The van der Waals surface area contributed by atoms with Gasteiger partial charge in [-0.05, 0) is 375 Å². The maximum Gasteiger partial charge on any atom is 0.150 e. The molecule has 0 aliphatic rings. The molecule has 716 valence electrons. The van der Waals surface area contributed by atoms with Crippen molar-refractivity contribution in [3.05, 3.63) is 530 Å². The van der Waals surface area contributed by atoms with E-state index >= 15 is 26.3 Å². The highest BCUT2D eigenvalue weighted by Crippen LogP contribution is 2.55. The maximum atomic E-state index is 16.6. The molecule has 0 unspecified atom stereocenters. The lowest BCUT2D eigenvalue weighted by atomic mass is 9.91. The minimum absolute atomic E-state index is 0.0133. The number of hydrogen-bond donors (Lipinski definition) is 0. The monoisotopic (exact) mass is 1970 g/mol. The van der Waals surface area contributed by atoms with Gasteiger partial charge in [-0.15, -0.1) is 0 Å². The molecule has 24 aromatic rings. The summed E-state index contributed by atoms with van der Waals surface area (Å²) in [7, 11) is 0. The van der Waals surface area contributed by atoms with E-state index in [9.17, 15) is 43.9 Å². The van der Waals surface area contributed by atoms with Crippen molar-refractivity contribution in [2.45, 2.75) is 0 Å². The third-order valence-corrected chi connectivity index (χ3v) is 26.8. The van der Waals surface area contributed by atoms with Crippen molar-refractivity contribution in [3.8, 4) is 89.0 Å². The molecule has 0 aliphatic heterocycles. The van der Waals surface area contributed by atoms with Crippen LogP contribution in [-0.4, -0.2) is 0 Å². The van der Waals surface area contributed by atoms with Gasteiger partial charge in [0.2, 0.25) is 0 Å². The molecule has 0 bridgehead atoms. The minimum Gasteiger partial charge on any atom is -0.310 e. The Balaban J connectivity index is 0.000000163. The first-order chi connectivity index (χ1) is 71.8. The van der Waals surface area contributed by atoms with E-state index in [1.54, 1.807) is 117 Å². The van der Waals surface area contributed by atoms with Gasteiger partial charge in [0.15, 0.2) is 0 Å². The Hall–Kier alpha value is -18.6. The predicted octanol–water partition coefficient (Wildman–Crippen LogP) is 38.6. The zero-order valence-corrected chi connectivity index (χ0v) is 77.4. The zero-order valence-electron chi connectivity index (χ0n) is 77.4. The molecule has 0 saturated heterocycles. The normalized spacial score (nSPS) is 11.5. The molecule has 0 spiro atoms. The fraction of sp³-hybridized carbons (Fsp3) is 0. The highest BCUT2D eigenvalue weighted by Gasteiger charge is 2.31. The van der Waals surface area contributed by atoms with Gasteiger partial charge in [-0.3, -0.25) is 0 Å². The van der Waals surface area contributed by atoms with Crippen LogP contribution in [0.3, 0.4) is 0 Å². The van der Waals surface area contributed by atoms with Crippen molar-refractivity contribution in [1.29, 1.82) is 0 Å². The molecule has 0 radical (unpaired) electrons. The molecule has 0 heterocycles. The van der Waals surface area contributed by atoms with Crippen LogP contribution in [0, 0.1) is 93.1 Å². The summed E-state index contributed by atoms with van der Waals surface area (Å²) in [6, 6.07) is 113. The molecular weight excluding hydrogens is 1900 g/mol. The highest BCUT2D eigenvalue weighted by molar-refractivity contribution is 6.30. The molecule has 4 nitrogen and oxygen atoms in total. The van der Waals surface area contributed by atoms with Crippen LogP contribution in [0.4, 0.5) is 138 Å². The number of anilines is 12. The Bertz CT molecular complexity index is 8450. The van der Waals surface area contributed by atoms with Crippen molar-refractivity contribution in [2.24, 2.45) is 0 Å². The van der Waals surface area contributed by atoms with E-state index in [1.165, 1.54) is 146 Å². The van der Waals surface area contributed by atoms with E-state index < -0.39 is 93.1 Å². The third kappa shape index (κ3) is 18.1. The molecule has 0 amide bonds. The SMILES string of the molecule is Fc1ccc(-c2cc(-c3ccc(F)cc3)cc(N(c3cc(F)cc(F)c3)c3ccc4ccc5c(N(c6cc(F)cc(F)c6)c6cc(-c7ccc(F)cc7)cc(-c7ccc(F)cc7)c6)ccc6ccc3c4c65)c2)cc1.Fc1ccc(-c2cc(-c3ccc(F)cc3)cc(N(c3ccc(F)cc3F)c3ccc4ccc5c(N(c6cc(-c7ccc(F)cc7)cc(-c7ccc(F)cc7)c6)c6ccc(F)cc6F)ccc6ccc3c4c65)c2)cc1. The molecule has 0 fully saturated rings. The van der Waals surface area contributed by atoms with Crippen LogP contribution in [0.25, 0.3) is 154 Å². The summed E-state index contributed by atoms with van der Waals surface area (Å²) in [5, 5.41) is 8.98. The average molecular weight is 1970 g/mol. The first-order valence-electron chi connectivity index (χ1n) is 46.9. The summed E-state index contributed by atoms with van der Waals surface area (Å²) >= 11 is 0. The number of halogens is 16. The summed E-state index contributed by atoms with van der Waals surface area (Å²) in [5.41, 5.74) is 14.6. The Labute approximate surface area is 836 Å². The van der Waals surface area contributed by atoms with E-state index in [-0.39, 0.29) is 22.7 Å². The third-order valence-electron chi connectivity index (χ3n) is 26.8. The second kappa shape index (κ2) is 38.3. The Morgan fingerprint density at radius 2 is 0.270 bits per heavy atom. The molecule has 0 saturated carbocycles. The Morgan fingerprint density at radius 1 is 0.108 bits per heavy atom. The van der Waals surface area contributed by atoms with Gasteiger partial charge < -0.3 is 19.6 Å². The molecule has 24 rings (SSSR count). The smallest absolute Gasteiger partial charge is 0.150 e. The molecule has 0 atom stereocenters. The summed E-state index contributed by atoms with van der Waals surface area (Å²) in [5.74, 6) is -10.0. The first-order valence-corrected chi connectivity index (χ1v) is 46.9. The van der Waals surface area contributed by atoms with Gasteiger partial charge in [-0.25, -0.2) is 70.2 Å². The molecular formula is C128H72F16N4. The number of hydrogen-bond acceptors (Lipinski definition) is 4. The molecule has 0 N–H and O–H groups in total. The predicted molar refractivity (Wildman–Crippen MR) is 562 cm³/mol. The average Bonchev–Trinajstić information content (AvgIpc) is 0.718. The largest absolute Gasteiger partial charge is 0.310 e. The molecule has 20 heteroatoms. The minimum atomic E-state index is -0.853. The van der Waals surface area contributed by atoms with Gasteiger partial charge in [0, 0.05) is 68.6 Å². The van der Waals surface area contributed by atoms with Gasteiger partial charge in [0.05, 0.1) is 45.5 Å². The summed E-state index contributed by atoms with van der Waals surface area (Å²) in [6.45, 7) is 0. The second-order valence-corrected chi connectivity index (χ2v) is 36.1. The van der Waals surface area contributed by atoms with Crippen molar-refractivity contribution in [1.82, 2.24) is 0 Å². The van der Waals surface area contributed by atoms with E-state index in [4.69, 9.17) is 0 Å². The number of benzene rings is 24.